The lowest BCUT2D eigenvalue weighted by molar-refractivity contribution is -0.119. The molecule has 2 N–H and O–H groups in total. The van der Waals surface area contributed by atoms with Crippen LogP contribution in [-0.2, 0) is 4.79 Å². The molecule has 4 nitrogen and oxygen atoms in total. The number of amides is 3. The second-order valence-electron chi connectivity index (χ2n) is 4.18. The van der Waals surface area contributed by atoms with Crippen molar-refractivity contribution < 1.29 is 9.59 Å². The lowest BCUT2D eigenvalue weighted by Gasteiger charge is -2.22. The summed E-state index contributed by atoms with van der Waals surface area (Å²) >= 11 is 1.43. The lowest BCUT2D eigenvalue weighted by atomic mass is 9.96. The number of nitrogens with one attached hydrogen (secondary N) is 2. The number of hydrogen-bond donors (Lipinski definition) is 2. The Morgan fingerprint density at radius 2 is 1.88 bits per heavy atom. The number of carbonyl (C=O) groups is 2. The first-order valence-corrected chi connectivity index (χ1v) is 7.06. The van der Waals surface area contributed by atoms with Gasteiger partial charge < -0.3 is 5.32 Å². The molecule has 1 atom stereocenters. The summed E-state index contributed by atoms with van der Waals surface area (Å²) in [6, 6.07) is -0.107. The fourth-order valence-electron chi connectivity index (χ4n) is 1.79. The molecule has 0 heterocycles. The van der Waals surface area contributed by atoms with Crippen LogP contribution in [0.5, 0.6) is 0 Å². The Labute approximate surface area is 101 Å². The molecule has 1 unspecified atom stereocenters. The van der Waals surface area contributed by atoms with E-state index in [1.54, 1.807) is 6.92 Å². The van der Waals surface area contributed by atoms with E-state index in [0.717, 1.165) is 12.8 Å². The summed E-state index contributed by atoms with van der Waals surface area (Å²) in [5, 5.41) is 5.03. The first kappa shape index (κ1) is 13.4. The lowest BCUT2D eigenvalue weighted by Crippen LogP contribution is -2.47. The maximum atomic E-state index is 11.5. The first-order chi connectivity index (χ1) is 7.63. The number of imide groups is 1. The summed E-state index contributed by atoms with van der Waals surface area (Å²) in [6.45, 7) is 1.79. The van der Waals surface area contributed by atoms with Crippen LogP contribution in [0.3, 0.4) is 0 Å². The Bertz CT molecular complexity index is 252. The van der Waals surface area contributed by atoms with Gasteiger partial charge in [0.05, 0.1) is 5.25 Å². The van der Waals surface area contributed by atoms with E-state index in [1.807, 2.05) is 6.26 Å². The molecule has 0 aromatic carbocycles. The van der Waals surface area contributed by atoms with Crippen LogP contribution in [0.15, 0.2) is 0 Å². The van der Waals surface area contributed by atoms with Gasteiger partial charge in [0.15, 0.2) is 0 Å². The van der Waals surface area contributed by atoms with Crippen molar-refractivity contribution in [1.29, 1.82) is 0 Å². The predicted molar refractivity (Wildman–Crippen MR) is 66.5 cm³/mol. The van der Waals surface area contributed by atoms with Gasteiger partial charge in [-0.15, -0.1) is 0 Å². The van der Waals surface area contributed by atoms with Crippen molar-refractivity contribution in [2.24, 2.45) is 0 Å². The fraction of sp³-hybridized carbons (Fsp3) is 0.818. The molecule has 0 spiro atoms. The highest BCUT2D eigenvalue weighted by molar-refractivity contribution is 7.99. The molecular formula is C11H20N2O2S. The van der Waals surface area contributed by atoms with Gasteiger partial charge in [-0.2, -0.15) is 11.8 Å². The Balaban J connectivity index is 2.26. The standard InChI is InChI=1S/C11H20N2O2S/c1-8(16-2)10(14)13-11(15)12-9-6-4-3-5-7-9/h8-9H,3-7H2,1-2H3,(H2,12,13,14,15). The average molecular weight is 244 g/mol. The van der Waals surface area contributed by atoms with Crippen molar-refractivity contribution in [3.05, 3.63) is 0 Å². The molecule has 0 bridgehead atoms. The van der Waals surface area contributed by atoms with Crippen LogP contribution >= 0.6 is 11.8 Å². The monoisotopic (exact) mass is 244 g/mol. The summed E-state index contributed by atoms with van der Waals surface area (Å²) in [4.78, 5) is 22.9. The van der Waals surface area contributed by atoms with Gasteiger partial charge in [-0.1, -0.05) is 19.3 Å². The number of hydrogen-bond acceptors (Lipinski definition) is 3. The minimum absolute atomic E-state index is 0.183. The van der Waals surface area contributed by atoms with Gasteiger partial charge in [0, 0.05) is 6.04 Å². The van der Waals surface area contributed by atoms with Gasteiger partial charge >= 0.3 is 6.03 Å². The molecule has 1 aliphatic carbocycles. The Morgan fingerprint density at radius 3 is 2.44 bits per heavy atom. The Hall–Kier alpha value is -0.710. The van der Waals surface area contributed by atoms with E-state index in [-0.39, 0.29) is 23.2 Å². The van der Waals surface area contributed by atoms with Gasteiger partial charge in [0.1, 0.15) is 0 Å². The minimum atomic E-state index is -0.349. The zero-order chi connectivity index (χ0) is 12.0. The zero-order valence-corrected chi connectivity index (χ0v) is 10.7. The van der Waals surface area contributed by atoms with E-state index in [4.69, 9.17) is 0 Å². The van der Waals surface area contributed by atoms with Gasteiger partial charge in [0.2, 0.25) is 5.91 Å². The zero-order valence-electron chi connectivity index (χ0n) is 9.91. The van der Waals surface area contributed by atoms with E-state index in [2.05, 4.69) is 10.6 Å². The Kier molecular flexibility index (Phi) is 5.66. The van der Waals surface area contributed by atoms with E-state index < -0.39 is 0 Å². The van der Waals surface area contributed by atoms with Gasteiger partial charge in [-0.25, -0.2) is 4.79 Å². The third-order valence-electron chi connectivity index (χ3n) is 2.90. The van der Waals surface area contributed by atoms with Crippen LogP contribution in [0.2, 0.25) is 0 Å². The van der Waals surface area contributed by atoms with Crippen molar-refractivity contribution in [2.45, 2.75) is 50.3 Å². The third-order valence-corrected chi connectivity index (χ3v) is 3.82. The molecule has 1 fully saturated rings. The van der Waals surface area contributed by atoms with Crippen LogP contribution in [0.4, 0.5) is 4.79 Å². The normalized spacial score (nSPS) is 18.9. The van der Waals surface area contributed by atoms with Crippen molar-refractivity contribution in [2.75, 3.05) is 6.26 Å². The number of urea groups is 1. The largest absolute Gasteiger partial charge is 0.335 e. The highest BCUT2D eigenvalue weighted by atomic mass is 32.2. The van der Waals surface area contributed by atoms with Crippen molar-refractivity contribution in [1.82, 2.24) is 10.6 Å². The molecule has 0 radical (unpaired) electrons. The van der Waals surface area contributed by atoms with Crippen LogP contribution in [0, 0.1) is 0 Å². The summed E-state index contributed by atoms with van der Waals surface area (Å²) in [5.74, 6) is -0.221. The molecule has 5 heteroatoms. The quantitative estimate of drug-likeness (QED) is 0.797. The van der Waals surface area contributed by atoms with Gasteiger partial charge in [-0.05, 0) is 26.0 Å². The smallest absolute Gasteiger partial charge is 0.321 e. The summed E-state index contributed by atoms with van der Waals surface area (Å²) in [7, 11) is 0. The van der Waals surface area contributed by atoms with E-state index in [1.165, 1.54) is 31.0 Å². The molecule has 1 aliphatic rings. The molecule has 92 valence electrons. The second kappa shape index (κ2) is 6.78. The number of rotatable bonds is 3. The minimum Gasteiger partial charge on any atom is -0.335 e. The predicted octanol–water partition coefficient (Wildman–Crippen LogP) is 1.90. The maximum absolute atomic E-state index is 11.5. The average Bonchev–Trinajstić information content (AvgIpc) is 2.29. The van der Waals surface area contributed by atoms with Crippen LogP contribution < -0.4 is 10.6 Å². The molecule has 1 rings (SSSR count). The highest BCUT2D eigenvalue weighted by Gasteiger charge is 2.18. The Morgan fingerprint density at radius 1 is 1.25 bits per heavy atom. The summed E-state index contributed by atoms with van der Waals surface area (Å²) in [6.07, 6.45) is 7.49. The molecule has 1 saturated carbocycles. The second-order valence-corrected chi connectivity index (χ2v) is 5.35. The number of thioether (sulfide) groups is 1. The molecular weight excluding hydrogens is 224 g/mol. The molecule has 3 amide bonds. The van der Waals surface area contributed by atoms with Crippen molar-refractivity contribution in [3.8, 4) is 0 Å². The van der Waals surface area contributed by atoms with Gasteiger partial charge in [0.25, 0.3) is 0 Å². The highest BCUT2D eigenvalue weighted by Crippen LogP contribution is 2.17. The van der Waals surface area contributed by atoms with Crippen molar-refractivity contribution in [3.63, 3.8) is 0 Å². The van der Waals surface area contributed by atoms with E-state index >= 15 is 0 Å². The molecule has 16 heavy (non-hydrogen) atoms. The van der Waals surface area contributed by atoms with Crippen LogP contribution in [0.25, 0.3) is 0 Å². The summed E-state index contributed by atoms with van der Waals surface area (Å²) < 4.78 is 0. The molecule has 0 aromatic rings. The van der Waals surface area contributed by atoms with Crippen LogP contribution in [-0.4, -0.2) is 29.5 Å². The maximum Gasteiger partial charge on any atom is 0.321 e. The fourth-order valence-corrected chi connectivity index (χ4v) is 2.06. The molecule has 0 aliphatic heterocycles. The van der Waals surface area contributed by atoms with E-state index in [9.17, 15) is 9.59 Å². The molecule has 0 saturated heterocycles. The van der Waals surface area contributed by atoms with E-state index in [0.29, 0.717) is 0 Å². The van der Waals surface area contributed by atoms with Crippen LogP contribution in [0.1, 0.15) is 39.0 Å². The third kappa shape index (κ3) is 4.43. The first-order valence-electron chi connectivity index (χ1n) is 5.77. The SMILES string of the molecule is CSC(C)C(=O)NC(=O)NC1CCCCC1. The summed E-state index contributed by atoms with van der Waals surface area (Å²) in [5.41, 5.74) is 0. The van der Waals surface area contributed by atoms with Gasteiger partial charge in [-0.3, -0.25) is 10.1 Å². The molecule has 0 aromatic heterocycles. The van der Waals surface area contributed by atoms with Crippen molar-refractivity contribution >= 4 is 23.7 Å². The topological polar surface area (TPSA) is 58.2 Å². The number of carbonyl (C=O) groups excluding carboxylic acids is 2.